The number of rotatable bonds is 9. The Kier molecular flexibility index (Phi) is 6.74. The Bertz CT molecular complexity index is 864. The number of fused-ring (bicyclic) bond motifs is 1. The Morgan fingerprint density at radius 1 is 1.15 bits per heavy atom. The van der Waals surface area contributed by atoms with E-state index in [0.717, 1.165) is 41.0 Å². The first-order valence-corrected chi connectivity index (χ1v) is 10.4. The zero-order valence-electron chi connectivity index (χ0n) is 16.1. The monoisotopic (exact) mass is 386 g/mol. The van der Waals surface area contributed by atoms with Gasteiger partial charge in [0, 0.05) is 12.1 Å². The molecule has 0 saturated heterocycles. The molecule has 2 N–H and O–H groups in total. The summed E-state index contributed by atoms with van der Waals surface area (Å²) in [6.45, 7) is 7.42. The number of benzene rings is 1. The molecular formula is C21H27FN4S. The van der Waals surface area contributed by atoms with Gasteiger partial charge >= 0.3 is 0 Å². The van der Waals surface area contributed by atoms with Crippen molar-refractivity contribution in [3.63, 3.8) is 0 Å². The molecular weight excluding hydrogens is 359 g/mol. The summed E-state index contributed by atoms with van der Waals surface area (Å²) in [5, 5.41) is 10.2. The van der Waals surface area contributed by atoms with Crippen molar-refractivity contribution in [3.8, 4) is 0 Å². The summed E-state index contributed by atoms with van der Waals surface area (Å²) in [5.74, 6) is 1.23. The van der Waals surface area contributed by atoms with Gasteiger partial charge in [0.25, 0.3) is 0 Å². The molecule has 2 heterocycles. The van der Waals surface area contributed by atoms with Crippen molar-refractivity contribution in [2.24, 2.45) is 5.92 Å². The Labute approximate surface area is 164 Å². The number of nitrogens with one attached hydrogen (secondary N) is 2. The number of aromatic nitrogens is 2. The number of halogens is 1. The van der Waals surface area contributed by atoms with E-state index < -0.39 is 0 Å². The zero-order chi connectivity index (χ0) is 19.2. The van der Waals surface area contributed by atoms with Crippen molar-refractivity contribution in [1.29, 1.82) is 0 Å². The molecule has 0 fully saturated rings. The number of hydrogen-bond acceptors (Lipinski definition) is 5. The van der Waals surface area contributed by atoms with Gasteiger partial charge in [-0.05, 0) is 61.4 Å². The fourth-order valence-electron chi connectivity index (χ4n) is 3.19. The molecule has 0 bridgehead atoms. The van der Waals surface area contributed by atoms with Crippen LogP contribution in [0.2, 0.25) is 0 Å². The van der Waals surface area contributed by atoms with Crippen LogP contribution in [0.25, 0.3) is 10.2 Å². The van der Waals surface area contributed by atoms with Crippen LogP contribution in [-0.4, -0.2) is 22.6 Å². The molecule has 0 aliphatic heterocycles. The first-order chi connectivity index (χ1) is 13.0. The van der Waals surface area contributed by atoms with E-state index in [0.29, 0.717) is 12.0 Å². The van der Waals surface area contributed by atoms with Gasteiger partial charge in [0.2, 0.25) is 0 Å². The highest BCUT2D eigenvalue weighted by atomic mass is 32.1. The summed E-state index contributed by atoms with van der Waals surface area (Å²) in [6, 6.07) is 9.34. The van der Waals surface area contributed by atoms with Crippen molar-refractivity contribution in [3.05, 3.63) is 53.4 Å². The van der Waals surface area contributed by atoms with Crippen LogP contribution in [0.1, 0.15) is 45.2 Å². The molecule has 0 aliphatic carbocycles. The summed E-state index contributed by atoms with van der Waals surface area (Å²) in [7, 11) is 0. The molecule has 6 heteroatoms. The third-order valence-electron chi connectivity index (χ3n) is 4.88. The molecule has 0 aliphatic rings. The van der Waals surface area contributed by atoms with Crippen molar-refractivity contribution in [2.45, 2.75) is 45.7 Å². The van der Waals surface area contributed by atoms with E-state index in [1.165, 1.54) is 6.07 Å². The van der Waals surface area contributed by atoms with Crippen molar-refractivity contribution in [2.75, 3.05) is 11.9 Å². The molecule has 0 saturated carbocycles. The number of hydrogen-bond donors (Lipinski definition) is 2. The average molecular weight is 387 g/mol. The van der Waals surface area contributed by atoms with Crippen LogP contribution in [0.3, 0.4) is 0 Å². The lowest BCUT2D eigenvalue weighted by Crippen LogP contribution is -2.28. The normalized spacial score (nSPS) is 13.8. The molecule has 3 rings (SSSR count). The topological polar surface area (TPSA) is 49.8 Å². The number of thiophene rings is 1. The minimum atomic E-state index is -0.185. The summed E-state index contributed by atoms with van der Waals surface area (Å²) in [4.78, 5) is 9.77. The highest BCUT2D eigenvalue weighted by Gasteiger charge is 2.16. The second-order valence-corrected chi connectivity index (χ2v) is 8.12. The molecule has 4 nitrogen and oxygen atoms in total. The third kappa shape index (κ3) is 5.23. The summed E-state index contributed by atoms with van der Waals surface area (Å²) >= 11 is 1.63. The van der Waals surface area contributed by atoms with E-state index >= 15 is 0 Å². The van der Waals surface area contributed by atoms with Gasteiger partial charge in [-0.15, -0.1) is 11.3 Å². The van der Waals surface area contributed by atoms with E-state index in [4.69, 9.17) is 0 Å². The SMILES string of the molecule is CC(NCCCC(Nc1ncnc2sccc12)C(C)C)c1cccc(F)c1. The Hall–Kier alpha value is -2.05. The second-order valence-electron chi connectivity index (χ2n) is 7.23. The minimum Gasteiger partial charge on any atom is -0.366 e. The predicted molar refractivity (Wildman–Crippen MR) is 112 cm³/mol. The van der Waals surface area contributed by atoms with Gasteiger partial charge in [-0.25, -0.2) is 14.4 Å². The van der Waals surface area contributed by atoms with Gasteiger partial charge in [0.05, 0.1) is 5.39 Å². The first kappa shape index (κ1) is 19.7. The van der Waals surface area contributed by atoms with Crippen molar-refractivity contribution < 1.29 is 4.39 Å². The largest absolute Gasteiger partial charge is 0.366 e. The maximum Gasteiger partial charge on any atom is 0.138 e. The van der Waals surface area contributed by atoms with E-state index in [1.807, 2.05) is 11.4 Å². The van der Waals surface area contributed by atoms with Gasteiger partial charge in [0.15, 0.2) is 0 Å². The smallest absolute Gasteiger partial charge is 0.138 e. The Morgan fingerprint density at radius 2 is 2.00 bits per heavy atom. The van der Waals surface area contributed by atoms with E-state index in [1.54, 1.807) is 29.8 Å². The molecule has 2 unspecified atom stereocenters. The maximum absolute atomic E-state index is 13.4. The highest BCUT2D eigenvalue weighted by Crippen LogP contribution is 2.26. The van der Waals surface area contributed by atoms with Crippen LogP contribution in [-0.2, 0) is 0 Å². The number of anilines is 1. The molecule has 0 spiro atoms. The fraction of sp³-hybridized carbons (Fsp3) is 0.429. The lowest BCUT2D eigenvalue weighted by molar-refractivity contribution is 0.458. The second kappa shape index (κ2) is 9.24. The lowest BCUT2D eigenvalue weighted by Gasteiger charge is -2.24. The van der Waals surface area contributed by atoms with Gasteiger partial charge in [-0.2, -0.15) is 0 Å². The molecule has 2 atom stereocenters. The summed E-state index contributed by atoms with van der Waals surface area (Å²) < 4.78 is 13.4. The maximum atomic E-state index is 13.4. The molecule has 1 aromatic carbocycles. The zero-order valence-corrected chi connectivity index (χ0v) is 16.9. The summed E-state index contributed by atoms with van der Waals surface area (Å²) in [6.07, 6.45) is 3.70. The first-order valence-electron chi connectivity index (χ1n) is 9.48. The highest BCUT2D eigenvalue weighted by molar-refractivity contribution is 7.16. The third-order valence-corrected chi connectivity index (χ3v) is 5.70. The van der Waals surface area contributed by atoms with E-state index in [-0.39, 0.29) is 11.9 Å². The lowest BCUT2D eigenvalue weighted by atomic mass is 9.99. The quantitative estimate of drug-likeness (QED) is 0.484. The van der Waals surface area contributed by atoms with Crippen LogP contribution in [0.4, 0.5) is 10.2 Å². The van der Waals surface area contributed by atoms with Gasteiger partial charge in [-0.1, -0.05) is 26.0 Å². The standard InChI is InChI=1S/C21H27FN4S/c1-14(2)19(26-20-18-9-11-27-21(18)25-13-24-20)8-5-10-23-15(3)16-6-4-7-17(22)12-16/h4,6-7,9,11-15,19,23H,5,8,10H2,1-3H3,(H,24,25,26). The van der Waals surface area contributed by atoms with Gasteiger partial charge in [0.1, 0.15) is 22.8 Å². The fourth-order valence-corrected chi connectivity index (χ4v) is 3.92. The predicted octanol–water partition coefficient (Wildman–Crippen LogP) is 5.40. The van der Waals surface area contributed by atoms with Crippen LogP contribution >= 0.6 is 11.3 Å². The Balaban J connectivity index is 1.52. The van der Waals surface area contributed by atoms with Crippen LogP contribution in [0.5, 0.6) is 0 Å². The van der Waals surface area contributed by atoms with Crippen LogP contribution < -0.4 is 10.6 Å². The van der Waals surface area contributed by atoms with Crippen LogP contribution in [0.15, 0.2) is 42.0 Å². The molecule has 0 radical (unpaired) electrons. The van der Waals surface area contributed by atoms with Crippen molar-refractivity contribution in [1.82, 2.24) is 15.3 Å². The van der Waals surface area contributed by atoms with Crippen molar-refractivity contribution >= 4 is 27.4 Å². The molecule has 3 aromatic rings. The van der Waals surface area contributed by atoms with E-state index in [2.05, 4.69) is 47.4 Å². The summed E-state index contributed by atoms with van der Waals surface area (Å²) in [5.41, 5.74) is 0.981. The van der Waals surface area contributed by atoms with Gasteiger partial charge < -0.3 is 10.6 Å². The minimum absolute atomic E-state index is 0.137. The molecule has 2 aromatic heterocycles. The Morgan fingerprint density at radius 3 is 2.78 bits per heavy atom. The van der Waals surface area contributed by atoms with Gasteiger partial charge in [-0.3, -0.25) is 0 Å². The van der Waals surface area contributed by atoms with Crippen LogP contribution in [0, 0.1) is 11.7 Å². The van der Waals surface area contributed by atoms with E-state index in [9.17, 15) is 4.39 Å². The molecule has 144 valence electrons. The molecule has 27 heavy (non-hydrogen) atoms. The average Bonchev–Trinajstić information content (AvgIpc) is 3.13. The number of nitrogens with zero attached hydrogens (tertiary/aromatic N) is 2. The molecule has 0 amide bonds.